The Morgan fingerprint density at radius 3 is 2.86 bits per heavy atom. The van der Waals surface area contributed by atoms with E-state index in [9.17, 15) is 13.2 Å². The maximum absolute atomic E-state index is 13.0. The SMILES string of the molecule is Fc1cc2c(cc1Br)NCC(F)(F)O2. The summed E-state index contributed by atoms with van der Waals surface area (Å²) >= 11 is 2.94. The van der Waals surface area contributed by atoms with Crippen LogP contribution >= 0.6 is 15.9 Å². The number of fused-ring (bicyclic) bond motifs is 1. The molecule has 14 heavy (non-hydrogen) atoms. The van der Waals surface area contributed by atoms with E-state index in [4.69, 9.17) is 0 Å². The highest BCUT2D eigenvalue weighted by atomic mass is 79.9. The second kappa shape index (κ2) is 3.05. The average molecular weight is 268 g/mol. The van der Waals surface area contributed by atoms with Gasteiger partial charge in [0.2, 0.25) is 0 Å². The molecule has 2 rings (SSSR count). The maximum atomic E-state index is 13.0. The lowest BCUT2D eigenvalue weighted by Crippen LogP contribution is -2.37. The molecule has 0 radical (unpaired) electrons. The molecule has 0 atom stereocenters. The van der Waals surface area contributed by atoms with Crippen LogP contribution in [0.5, 0.6) is 5.75 Å². The van der Waals surface area contributed by atoms with E-state index < -0.39 is 18.5 Å². The smallest absolute Gasteiger partial charge is 0.415 e. The largest absolute Gasteiger partial charge is 0.429 e. The van der Waals surface area contributed by atoms with Gasteiger partial charge < -0.3 is 10.1 Å². The summed E-state index contributed by atoms with van der Waals surface area (Å²) in [6, 6.07) is 2.28. The summed E-state index contributed by atoms with van der Waals surface area (Å²) in [4.78, 5) is 0. The van der Waals surface area contributed by atoms with E-state index in [1.807, 2.05) is 0 Å². The second-order valence-corrected chi connectivity index (χ2v) is 3.71. The number of nitrogens with one attached hydrogen (secondary N) is 1. The van der Waals surface area contributed by atoms with Gasteiger partial charge in [0.05, 0.1) is 10.2 Å². The summed E-state index contributed by atoms with van der Waals surface area (Å²) < 4.78 is 42.9. The van der Waals surface area contributed by atoms with Crippen LogP contribution in [0, 0.1) is 5.82 Å². The van der Waals surface area contributed by atoms with Crippen LogP contribution in [0.2, 0.25) is 0 Å². The van der Waals surface area contributed by atoms with Crippen LogP contribution in [0.3, 0.4) is 0 Å². The topological polar surface area (TPSA) is 21.3 Å². The average Bonchev–Trinajstić information content (AvgIpc) is 2.07. The fourth-order valence-electron chi connectivity index (χ4n) is 1.15. The van der Waals surface area contributed by atoms with Crippen LogP contribution in [0.25, 0.3) is 0 Å². The lowest BCUT2D eigenvalue weighted by Gasteiger charge is -2.26. The van der Waals surface area contributed by atoms with E-state index in [0.29, 0.717) is 5.69 Å². The first kappa shape index (κ1) is 9.64. The van der Waals surface area contributed by atoms with E-state index in [-0.39, 0.29) is 10.2 Å². The molecule has 6 heteroatoms. The van der Waals surface area contributed by atoms with Crippen LogP contribution in [-0.4, -0.2) is 12.7 Å². The molecule has 0 saturated heterocycles. The zero-order valence-corrected chi connectivity index (χ0v) is 8.37. The second-order valence-electron chi connectivity index (χ2n) is 2.86. The number of halogens is 4. The number of hydrogen-bond donors (Lipinski definition) is 1. The molecule has 76 valence electrons. The van der Waals surface area contributed by atoms with E-state index in [2.05, 4.69) is 26.0 Å². The van der Waals surface area contributed by atoms with E-state index >= 15 is 0 Å². The Kier molecular flexibility index (Phi) is 2.10. The summed E-state index contributed by atoms with van der Waals surface area (Å²) in [5.41, 5.74) is 0.351. The molecule has 1 aliphatic heterocycles. The molecule has 1 N–H and O–H groups in total. The van der Waals surface area contributed by atoms with Gasteiger partial charge in [0.1, 0.15) is 12.4 Å². The predicted octanol–water partition coefficient (Wildman–Crippen LogP) is 2.99. The lowest BCUT2D eigenvalue weighted by atomic mass is 10.2. The Hall–Kier alpha value is -0.910. The van der Waals surface area contributed by atoms with Crippen molar-refractivity contribution in [3.8, 4) is 5.75 Å². The summed E-state index contributed by atoms with van der Waals surface area (Å²) in [5, 5.41) is 2.45. The Balaban J connectivity index is 2.43. The van der Waals surface area contributed by atoms with Crippen molar-refractivity contribution in [1.29, 1.82) is 0 Å². The van der Waals surface area contributed by atoms with Gasteiger partial charge in [-0.3, -0.25) is 0 Å². The Morgan fingerprint density at radius 2 is 2.14 bits per heavy atom. The highest BCUT2D eigenvalue weighted by molar-refractivity contribution is 9.10. The molecule has 0 spiro atoms. The van der Waals surface area contributed by atoms with Gasteiger partial charge in [0.25, 0.3) is 0 Å². The molecule has 2 nitrogen and oxygen atoms in total. The first-order valence-corrected chi connectivity index (χ1v) is 4.57. The van der Waals surface area contributed by atoms with Gasteiger partial charge in [-0.25, -0.2) is 4.39 Å². The molecule has 0 fully saturated rings. The molecular weight excluding hydrogens is 263 g/mol. The number of anilines is 1. The van der Waals surface area contributed by atoms with Crippen molar-refractivity contribution in [1.82, 2.24) is 0 Å². The number of ether oxygens (including phenoxy) is 1. The summed E-state index contributed by atoms with van der Waals surface area (Å²) in [6.07, 6.45) is -3.28. The standard InChI is InChI=1S/C8H5BrF3NO/c9-4-1-6-7(2-5(4)10)14-8(11,12)3-13-6/h1-2,13H,3H2. The molecule has 1 aliphatic rings. The van der Waals surface area contributed by atoms with Gasteiger partial charge in [-0.1, -0.05) is 0 Å². The van der Waals surface area contributed by atoms with Gasteiger partial charge in [0, 0.05) is 6.07 Å². The molecule has 0 saturated carbocycles. The summed E-state index contributed by atoms with van der Waals surface area (Å²) in [7, 11) is 0. The molecule has 0 aromatic heterocycles. The normalized spacial score (nSPS) is 18.0. The van der Waals surface area contributed by atoms with Gasteiger partial charge in [-0.05, 0) is 22.0 Å². The first-order chi connectivity index (χ1) is 6.48. The van der Waals surface area contributed by atoms with Crippen molar-refractivity contribution in [2.75, 3.05) is 11.9 Å². The van der Waals surface area contributed by atoms with Crippen molar-refractivity contribution in [3.63, 3.8) is 0 Å². The van der Waals surface area contributed by atoms with Crippen molar-refractivity contribution in [3.05, 3.63) is 22.4 Å². The van der Waals surface area contributed by atoms with Crippen LogP contribution in [-0.2, 0) is 0 Å². The van der Waals surface area contributed by atoms with Crippen LogP contribution in [0.1, 0.15) is 0 Å². The highest BCUT2D eigenvalue weighted by Crippen LogP contribution is 2.37. The van der Waals surface area contributed by atoms with Crippen molar-refractivity contribution < 1.29 is 17.9 Å². The van der Waals surface area contributed by atoms with Gasteiger partial charge in [-0.15, -0.1) is 0 Å². The minimum atomic E-state index is -3.28. The molecule has 0 aliphatic carbocycles. The number of rotatable bonds is 0. The highest BCUT2D eigenvalue weighted by Gasteiger charge is 2.36. The Bertz CT molecular complexity index is 383. The monoisotopic (exact) mass is 267 g/mol. The first-order valence-electron chi connectivity index (χ1n) is 3.78. The van der Waals surface area contributed by atoms with E-state index in [1.54, 1.807) is 0 Å². The molecular formula is C8H5BrF3NO. The van der Waals surface area contributed by atoms with Crippen molar-refractivity contribution in [2.45, 2.75) is 6.11 Å². The van der Waals surface area contributed by atoms with Crippen LogP contribution < -0.4 is 10.1 Å². The van der Waals surface area contributed by atoms with Gasteiger partial charge in [-0.2, -0.15) is 8.78 Å². The molecule has 1 aromatic rings. The molecule has 1 aromatic carbocycles. The maximum Gasteiger partial charge on any atom is 0.415 e. The third-order valence-electron chi connectivity index (χ3n) is 1.77. The van der Waals surface area contributed by atoms with E-state index in [0.717, 1.165) is 6.07 Å². The van der Waals surface area contributed by atoms with Crippen LogP contribution in [0.4, 0.5) is 18.9 Å². The quantitative estimate of drug-likeness (QED) is 0.781. The molecule has 0 amide bonds. The molecule has 1 heterocycles. The van der Waals surface area contributed by atoms with Crippen molar-refractivity contribution >= 4 is 21.6 Å². The minimum Gasteiger partial charge on any atom is -0.429 e. The fraction of sp³-hybridized carbons (Fsp3) is 0.250. The Labute approximate surface area is 86.2 Å². The summed E-state index contributed by atoms with van der Waals surface area (Å²) in [6.45, 7) is -0.613. The van der Waals surface area contributed by atoms with E-state index in [1.165, 1.54) is 6.07 Å². The minimum absolute atomic E-state index is 0.179. The predicted molar refractivity (Wildman–Crippen MR) is 48.2 cm³/mol. The zero-order chi connectivity index (χ0) is 10.3. The third kappa shape index (κ3) is 1.66. The summed E-state index contributed by atoms with van der Waals surface area (Å²) in [5.74, 6) is -0.815. The lowest BCUT2D eigenvalue weighted by molar-refractivity contribution is -0.167. The third-order valence-corrected chi connectivity index (χ3v) is 2.37. The number of alkyl halides is 2. The molecule has 0 bridgehead atoms. The van der Waals surface area contributed by atoms with Gasteiger partial charge in [0.15, 0.2) is 5.75 Å². The Morgan fingerprint density at radius 1 is 1.43 bits per heavy atom. The fourth-order valence-corrected chi connectivity index (χ4v) is 1.49. The number of hydrogen-bond acceptors (Lipinski definition) is 2. The molecule has 0 unspecified atom stereocenters. The zero-order valence-electron chi connectivity index (χ0n) is 6.78. The van der Waals surface area contributed by atoms with Crippen molar-refractivity contribution in [2.24, 2.45) is 0 Å². The van der Waals surface area contributed by atoms with Gasteiger partial charge >= 0.3 is 6.11 Å². The van der Waals surface area contributed by atoms with Crippen LogP contribution in [0.15, 0.2) is 16.6 Å². The number of benzene rings is 1.